The van der Waals surface area contributed by atoms with E-state index in [4.69, 9.17) is 23.2 Å². The zero-order chi connectivity index (χ0) is 15.5. The maximum absolute atomic E-state index is 11.7. The summed E-state index contributed by atoms with van der Waals surface area (Å²) in [5, 5.41) is 3.98. The third kappa shape index (κ3) is 8.33. The maximum atomic E-state index is 11.7. The lowest BCUT2D eigenvalue weighted by molar-refractivity contribution is -0.121. The molecule has 0 unspecified atom stereocenters. The van der Waals surface area contributed by atoms with Gasteiger partial charge in [0.2, 0.25) is 5.91 Å². The van der Waals surface area contributed by atoms with Crippen molar-refractivity contribution < 1.29 is 4.79 Å². The van der Waals surface area contributed by atoms with Crippen LogP contribution in [0.3, 0.4) is 0 Å². The van der Waals surface area contributed by atoms with E-state index >= 15 is 0 Å². The molecule has 2 nitrogen and oxygen atoms in total. The first-order chi connectivity index (χ1) is 10.1. The molecule has 1 aromatic carbocycles. The highest BCUT2D eigenvalue weighted by atomic mass is 35.5. The van der Waals surface area contributed by atoms with Crippen LogP contribution in [0.5, 0.6) is 0 Å². The van der Waals surface area contributed by atoms with Crippen molar-refractivity contribution in [1.82, 2.24) is 5.32 Å². The second kappa shape index (κ2) is 10.9. The summed E-state index contributed by atoms with van der Waals surface area (Å²) < 4.78 is 0. The molecule has 0 spiro atoms. The van der Waals surface area contributed by atoms with E-state index in [1.807, 2.05) is 6.07 Å². The Bertz CT molecular complexity index is 435. The average molecular weight is 330 g/mol. The second-order valence-corrected chi connectivity index (χ2v) is 6.21. The van der Waals surface area contributed by atoms with E-state index in [2.05, 4.69) is 12.2 Å². The number of hydrogen-bond acceptors (Lipinski definition) is 1. The first-order valence-electron chi connectivity index (χ1n) is 7.84. The highest BCUT2D eigenvalue weighted by Gasteiger charge is 2.03. The molecule has 0 heterocycles. The van der Waals surface area contributed by atoms with Gasteiger partial charge in [-0.25, -0.2) is 0 Å². The molecule has 0 aliphatic carbocycles. The van der Waals surface area contributed by atoms with Crippen molar-refractivity contribution in [3.63, 3.8) is 0 Å². The number of nitrogens with one attached hydrogen (secondary N) is 1. The fourth-order valence-electron chi connectivity index (χ4n) is 2.18. The lowest BCUT2D eigenvalue weighted by Crippen LogP contribution is -2.22. The van der Waals surface area contributed by atoms with Crippen molar-refractivity contribution in [2.45, 2.75) is 64.8 Å². The lowest BCUT2D eigenvalue weighted by Gasteiger charge is -2.06. The van der Waals surface area contributed by atoms with Crippen molar-refractivity contribution >= 4 is 29.1 Å². The highest BCUT2D eigenvalue weighted by Crippen LogP contribution is 2.22. The van der Waals surface area contributed by atoms with Gasteiger partial charge in [-0.2, -0.15) is 0 Å². The molecule has 0 radical (unpaired) electrons. The number of carbonyl (C=O) groups excluding carboxylic acids is 1. The van der Waals surface area contributed by atoms with Gasteiger partial charge in [0.25, 0.3) is 0 Å². The Morgan fingerprint density at radius 3 is 2.33 bits per heavy atom. The maximum Gasteiger partial charge on any atom is 0.220 e. The van der Waals surface area contributed by atoms with Crippen LogP contribution in [-0.4, -0.2) is 5.91 Å². The molecule has 0 aromatic heterocycles. The summed E-state index contributed by atoms with van der Waals surface area (Å²) in [5.41, 5.74) is 0.970. The molecule has 0 aliphatic rings. The number of benzene rings is 1. The molecule has 4 heteroatoms. The lowest BCUT2D eigenvalue weighted by atomic mass is 10.1. The average Bonchev–Trinajstić information content (AvgIpc) is 2.47. The van der Waals surface area contributed by atoms with Crippen molar-refractivity contribution in [2.75, 3.05) is 0 Å². The fraction of sp³-hybridized carbons (Fsp3) is 0.588. The van der Waals surface area contributed by atoms with E-state index in [9.17, 15) is 4.79 Å². The summed E-state index contributed by atoms with van der Waals surface area (Å²) in [6.45, 7) is 2.73. The van der Waals surface area contributed by atoms with Gasteiger partial charge in [0.15, 0.2) is 0 Å². The van der Waals surface area contributed by atoms with Crippen molar-refractivity contribution in [3.05, 3.63) is 33.8 Å². The zero-order valence-electron chi connectivity index (χ0n) is 12.8. The van der Waals surface area contributed by atoms with E-state index in [0.29, 0.717) is 23.0 Å². The largest absolute Gasteiger partial charge is 0.352 e. The quantitative estimate of drug-likeness (QED) is 0.544. The molecule has 0 fully saturated rings. The molecule has 1 rings (SSSR count). The topological polar surface area (TPSA) is 29.1 Å². The van der Waals surface area contributed by atoms with Crippen LogP contribution in [0.25, 0.3) is 0 Å². The SMILES string of the molecule is CCCCCCCCCC(=O)NCc1ccc(Cl)c(Cl)c1. The Kier molecular flexibility index (Phi) is 9.53. The van der Waals surface area contributed by atoms with Crippen LogP contribution in [0.1, 0.15) is 63.9 Å². The summed E-state index contributed by atoms with van der Waals surface area (Å²) in [6.07, 6.45) is 9.17. The molecule has 118 valence electrons. The summed E-state index contributed by atoms with van der Waals surface area (Å²) in [5.74, 6) is 0.106. The monoisotopic (exact) mass is 329 g/mol. The fourth-order valence-corrected chi connectivity index (χ4v) is 2.50. The van der Waals surface area contributed by atoms with Gasteiger partial charge in [-0.05, 0) is 24.1 Å². The van der Waals surface area contributed by atoms with Crippen molar-refractivity contribution in [3.8, 4) is 0 Å². The number of hydrogen-bond donors (Lipinski definition) is 1. The van der Waals surface area contributed by atoms with Gasteiger partial charge in [-0.15, -0.1) is 0 Å². The summed E-state index contributed by atoms with van der Waals surface area (Å²) in [4.78, 5) is 11.7. The van der Waals surface area contributed by atoms with E-state index in [1.165, 1.54) is 32.1 Å². The summed E-state index contributed by atoms with van der Waals surface area (Å²) >= 11 is 11.8. The Balaban J connectivity index is 2.09. The van der Waals surface area contributed by atoms with Gasteiger partial charge in [0.05, 0.1) is 10.0 Å². The minimum absolute atomic E-state index is 0.106. The number of amides is 1. The predicted octanol–water partition coefficient (Wildman–Crippen LogP) is 5.75. The molecule has 0 saturated carbocycles. The van der Waals surface area contributed by atoms with Crippen LogP contribution < -0.4 is 5.32 Å². The molecular weight excluding hydrogens is 305 g/mol. The first kappa shape index (κ1) is 18.3. The van der Waals surface area contributed by atoms with E-state index in [-0.39, 0.29) is 5.91 Å². The van der Waals surface area contributed by atoms with Crippen molar-refractivity contribution in [1.29, 1.82) is 0 Å². The van der Waals surface area contributed by atoms with E-state index in [1.54, 1.807) is 12.1 Å². The molecule has 1 amide bonds. The minimum atomic E-state index is 0.106. The first-order valence-corrected chi connectivity index (χ1v) is 8.59. The van der Waals surface area contributed by atoms with E-state index < -0.39 is 0 Å². The van der Waals surface area contributed by atoms with Gasteiger partial charge >= 0.3 is 0 Å². The Morgan fingerprint density at radius 2 is 1.67 bits per heavy atom. The summed E-state index contributed by atoms with van der Waals surface area (Å²) in [7, 11) is 0. The molecule has 0 saturated heterocycles. The molecule has 21 heavy (non-hydrogen) atoms. The van der Waals surface area contributed by atoms with Crippen LogP contribution in [-0.2, 0) is 11.3 Å². The third-order valence-electron chi connectivity index (χ3n) is 3.48. The number of carbonyl (C=O) groups is 1. The zero-order valence-corrected chi connectivity index (χ0v) is 14.3. The third-order valence-corrected chi connectivity index (χ3v) is 4.22. The number of halogens is 2. The van der Waals surface area contributed by atoms with Crippen LogP contribution in [0.2, 0.25) is 10.0 Å². The van der Waals surface area contributed by atoms with Gasteiger partial charge < -0.3 is 5.32 Å². The molecular formula is C17H25Cl2NO. The van der Waals surface area contributed by atoms with Crippen LogP contribution in [0.15, 0.2) is 18.2 Å². The van der Waals surface area contributed by atoms with Gasteiger partial charge in [0.1, 0.15) is 0 Å². The van der Waals surface area contributed by atoms with E-state index in [0.717, 1.165) is 18.4 Å². The van der Waals surface area contributed by atoms with Gasteiger partial charge in [-0.1, -0.05) is 74.7 Å². The normalized spacial score (nSPS) is 10.6. The van der Waals surface area contributed by atoms with Gasteiger partial charge in [0, 0.05) is 13.0 Å². The Hall–Kier alpha value is -0.730. The Morgan fingerprint density at radius 1 is 1.00 bits per heavy atom. The van der Waals surface area contributed by atoms with Crippen LogP contribution >= 0.6 is 23.2 Å². The smallest absolute Gasteiger partial charge is 0.220 e. The molecule has 0 aliphatic heterocycles. The molecule has 1 aromatic rings. The standard InChI is InChI=1S/C17H25Cl2NO/c1-2-3-4-5-6-7-8-9-17(21)20-13-14-10-11-15(18)16(19)12-14/h10-12H,2-9,13H2,1H3,(H,20,21). The Labute approximate surface area is 138 Å². The van der Waals surface area contributed by atoms with Crippen molar-refractivity contribution in [2.24, 2.45) is 0 Å². The highest BCUT2D eigenvalue weighted by molar-refractivity contribution is 6.42. The molecule has 0 atom stereocenters. The minimum Gasteiger partial charge on any atom is -0.352 e. The van der Waals surface area contributed by atoms with Gasteiger partial charge in [-0.3, -0.25) is 4.79 Å². The molecule has 0 bridgehead atoms. The number of unbranched alkanes of at least 4 members (excludes halogenated alkanes) is 6. The van der Waals surface area contributed by atoms with Crippen LogP contribution in [0.4, 0.5) is 0 Å². The predicted molar refractivity (Wildman–Crippen MR) is 90.9 cm³/mol. The summed E-state index contributed by atoms with van der Waals surface area (Å²) in [6, 6.07) is 5.42. The molecule has 1 N–H and O–H groups in total. The number of rotatable bonds is 10. The second-order valence-electron chi connectivity index (χ2n) is 5.40. The van der Waals surface area contributed by atoms with Crippen LogP contribution in [0, 0.1) is 0 Å².